The number of amides is 1. The fourth-order valence-electron chi connectivity index (χ4n) is 2.49. The average molecular weight is 262 g/mol. The summed E-state index contributed by atoms with van der Waals surface area (Å²) < 4.78 is 5.29. The molecule has 1 amide bonds. The highest BCUT2D eigenvalue weighted by Crippen LogP contribution is 2.16. The molecule has 0 saturated carbocycles. The van der Waals surface area contributed by atoms with Crippen LogP contribution in [0.3, 0.4) is 0 Å². The molecule has 104 valence electrons. The summed E-state index contributed by atoms with van der Waals surface area (Å²) in [7, 11) is 1.57. The molecule has 0 aliphatic carbocycles. The largest absolute Gasteiger partial charge is 0.367 e. The van der Waals surface area contributed by atoms with Crippen molar-refractivity contribution < 1.29 is 9.53 Å². The highest BCUT2D eigenvalue weighted by atomic mass is 16.5. The van der Waals surface area contributed by atoms with Crippen molar-refractivity contribution in [3.63, 3.8) is 0 Å². The molecule has 4 nitrogen and oxygen atoms in total. The summed E-state index contributed by atoms with van der Waals surface area (Å²) in [5.41, 5.74) is 0.890. The first-order valence-corrected chi connectivity index (χ1v) is 6.90. The summed E-state index contributed by atoms with van der Waals surface area (Å²) in [4.78, 5) is 12.1. The Morgan fingerprint density at radius 1 is 1.47 bits per heavy atom. The fourth-order valence-corrected chi connectivity index (χ4v) is 2.49. The monoisotopic (exact) mass is 262 g/mol. The lowest BCUT2D eigenvalue weighted by molar-refractivity contribution is -0.131. The number of nitrogens with one attached hydrogen (secondary N) is 2. The van der Waals surface area contributed by atoms with Gasteiger partial charge in [0.2, 0.25) is 0 Å². The van der Waals surface area contributed by atoms with Crippen molar-refractivity contribution in [3.05, 3.63) is 35.9 Å². The van der Waals surface area contributed by atoms with E-state index in [-0.39, 0.29) is 5.91 Å². The second-order valence-corrected chi connectivity index (χ2v) is 4.90. The van der Waals surface area contributed by atoms with Crippen LogP contribution in [0, 0.1) is 0 Å². The zero-order valence-corrected chi connectivity index (χ0v) is 11.4. The van der Waals surface area contributed by atoms with E-state index in [9.17, 15) is 4.79 Å². The summed E-state index contributed by atoms with van der Waals surface area (Å²) in [6.45, 7) is 1.80. The van der Waals surface area contributed by atoms with Crippen molar-refractivity contribution in [2.24, 2.45) is 0 Å². The highest BCUT2D eigenvalue weighted by molar-refractivity contribution is 5.82. The number of hydrogen-bond acceptors (Lipinski definition) is 3. The van der Waals surface area contributed by atoms with Crippen molar-refractivity contribution in [3.8, 4) is 0 Å². The summed E-state index contributed by atoms with van der Waals surface area (Å²) in [6.07, 6.45) is 2.92. The summed E-state index contributed by atoms with van der Waals surface area (Å²) in [5, 5.41) is 6.38. The Labute approximate surface area is 114 Å². The fraction of sp³-hybridized carbons (Fsp3) is 0.533. The van der Waals surface area contributed by atoms with Crippen LogP contribution in [-0.4, -0.2) is 32.1 Å². The van der Waals surface area contributed by atoms with Crippen LogP contribution >= 0.6 is 0 Å². The molecule has 1 aromatic carbocycles. The van der Waals surface area contributed by atoms with Gasteiger partial charge in [0.05, 0.1) is 0 Å². The molecule has 4 heteroatoms. The van der Waals surface area contributed by atoms with Crippen molar-refractivity contribution in [1.29, 1.82) is 0 Å². The number of hydrogen-bond donors (Lipinski definition) is 2. The van der Waals surface area contributed by atoms with Crippen LogP contribution in [0.5, 0.6) is 0 Å². The van der Waals surface area contributed by atoms with Gasteiger partial charge in [0, 0.05) is 19.7 Å². The van der Waals surface area contributed by atoms with E-state index in [2.05, 4.69) is 10.6 Å². The van der Waals surface area contributed by atoms with E-state index in [1.54, 1.807) is 7.11 Å². The molecule has 1 aromatic rings. The minimum Gasteiger partial charge on any atom is -0.367 e. The second kappa shape index (κ2) is 7.26. The standard InChI is InChI=1S/C15H22N2O2/c1-19-14(12-6-3-2-4-7-12)15(18)17-11-9-13-8-5-10-16-13/h2-4,6-7,13-14,16H,5,8-11H2,1H3,(H,17,18)/t13-,14?/m1/s1. The Kier molecular flexibility index (Phi) is 5.36. The van der Waals surface area contributed by atoms with E-state index >= 15 is 0 Å². The Balaban J connectivity index is 1.80. The predicted molar refractivity (Wildman–Crippen MR) is 74.8 cm³/mol. The van der Waals surface area contributed by atoms with Gasteiger partial charge < -0.3 is 15.4 Å². The first kappa shape index (κ1) is 14.0. The van der Waals surface area contributed by atoms with Crippen molar-refractivity contribution in [2.45, 2.75) is 31.4 Å². The number of benzene rings is 1. The maximum atomic E-state index is 12.1. The van der Waals surface area contributed by atoms with Gasteiger partial charge in [0.15, 0.2) is 6.10 Å². The molecular formula is C15H22N2O2. The van der Waals surface area contributed by atoms with E-state index in [4.69, 9.17) is 4.74 Å². The molecule has 1 aliphatic rings. The lowest BCUT2D eigenvalue weighted by atomic mass is 10.1. The summed E-state index contributed by atoms with van der Waals surface area (Å²) in [5.74, 6) is -0.0632. The molecule has 1 heterocycles. The Hall–Kier alpha value is -1.39. The van der Waals surface area contributed by atoms with E-state index in [0.29, 0.717) is 12.6 Å². The molecule has 0 aromatic heterocycles. The molecule has 0 bridgehead atoms. The minimum atomic E-state index is -0.516. The molecule has 2 rings (SSSR count). The van der Waals surface area contributed by atoms with Crippen LogP contribution in [0.1, 0.15) is 30.9 Å². The first-order valence-electron chi connectivity index (χ1n) is 6.90. The maximum Gasteiger partial charge on any atom is 0.253 e. The van der Waals surface area contributed by atoms with Gasteiger partial charge in [-0.3, -0.25) is 4.79 Å². The third-order valence-corrected chi connectivity index (χ3v) is 3.53. The van der Waals surface area contributed by atoms with Gasteiger partial charge in [-0.1, -0.05) is 30.3 Å². The lowest BCUT2D eigenvalue weighted by Gasteiger charge is -2.16. The molecule has 1 unspecified atom stereocenters. The predicted octanol–water partition coefficient (Wildman–Crippen LogP) is 1.63. The quantitative estimate of drug-likeness (QED) is 0.819. The molecular weight excluding hydrogens is 240 g/mol. The van der Waals surface area contributed by atoms with Crippen LogP contribution in [0.4, 0.5) is 0 Å². The smallest absolute Gasteiger partial charge is 0.253 e. The Bertz CT molecular complexity index is 388. The van der Waals surface area contributed by atoms with Gasteiger partial charge in [-0.2, -0.15) is 0 Å². The van der Waals surface area contributed by atoms with Crippen LogP contribution in [-0.2, 0) is 9.53 Å². The lowest BCUT2D eigenvalue weighted by Crippen LogP contribution is -2.34. The normalized spacial score (nSPS) is 20.2. The topological polar surface area (TPSA) is 50.4 Å². The van der Waals surface area contributed by atoms with Crippen molar-refractivity contribution in [1.82, 2.24) is 10.6 Å². The molecule has 1 fully saturated rings. The number of rotatable bonds is 6. The molecule has 1 aliphatic heterocycles. The number of methoxy groups -OCH3 is 1. The van der Waals surface area contributed by atoms with Crippen molar-refractivity contribution in [2.75, 3.05) is 20.2 Å². The Morgan fingerprint density at radius 2 is 2.26 bits per heavy atom. The third-order valence-electron chi connectivity index (χ3n) is 3.53. The maximum absolute atomic E-state index is 12.1. The zero-order valence-electron chi connectivity index (χ0n) is 11.4. The number of carbonyl (C=O) groups is 1. The van der Waals surface area contributed by atoms with Crippen LogP contribution in [0.15, 0.2) is 30.3 Å². The van der Waals surface area contributed by atoms with Crippen LogP contribution < -0.4 is 10.6 Å². The van der Waals surface area contributed by atoms with Crippen LogP contribution in [0.25, 0.3) is 0 Å². The molecule has 2 N–H and O–H groups in total. The summed E-state index contributed by atoms with van der Waals surface area (Å²) >= 11 is 0. The van der Waals surface area contributed by atoms with E-state index < -0.39 is 6.10 Å². The minimum absolute atomic E-state index is 0.0632. The van der Waals surface area contributed by atoms with Gasteiger partial charge in [-0.05, 0) is 31.4 Å². The van der Waals surface area contributed by atoms with Gasteiger partial charge in [0.25, 0.3) is 5.91 Å². The van der Waals surface area contributed by atoms with E-state index in [1.807, 2.05) is 30.3 Å². The molecule has 2 atom stereocenters. The molecule has 0 radical (unpaired) electrons. The van der Waals surface area contributed by atoms with Crippen LogP contribution in [0.2, 0.25) is 0 Å². The van der Waals surface area contributed by atoms with Gasteiger partial charge in [0.1, 0.15) is 0 Å². The van der Waals surface area contributed by atoms with Gasteiger partial charge >= 0.3 is 0 Å². The first-order chi connectivity index (χ1) is 9.31. The van der Waals surface area contributed by atoms with E-state index in [1.165, 1.54) is 12.8 Å². The van der Waals surface area contributed by atoms with E-state index in [0.717, 1.165) is 18.5 Å². The Morgan fingerprint density at radius 3 is 2.89 bits per heavy atom. The number of ether oxygens (including phenoxy) is 1. The SMILES string of the molecule is COC(C(=O)NCC[C@H]1CCCN1)c1ccccc1. The third kappa shape index (κ3) is 4.04. The van der Waals surface area contributed by atoms with Gasteiger partial charge in [-0.25, -0.2) is 0 Å². The number of carbonyl (C=O) groups excluding carboxylic acids is 1. The second-order valence-electron chi connectivity index (χ2n) is 4.90. The molecule has 1 saturated heterocycles. The summed E-state index contributed by atoms with van der Waals surface area (Å²) in [6, 6.07) is 10.1. The molecule has 0 spiro atoms. The zero-order chi connectivity index (χ0) is 13.5. The molecule has 19 heavy (non-hydrogen) atoms. The average Bonchev–Trinajstić information content (AvgIpc) is 2.94. The van der Waals surface area contributed by atoms with Crippen molar-refractivity contribution >= 4 is 5.91 Å². The van der Waals surface area contributed by atoms with Gasteiger partial charge in [-0.15, -0.1) is 0 Å². The highest BCUT2D eigenvalue weighted by Gasteiger charge is 2.20.